The molecule has 90 valence electrons. The van der Waals surface area contributed by atoms with Crippen molar-refractivity contribution in [1.29, 1.82) is 0 Å². The van der Waals surface area contributed by atoms with Crippen LogP contribution in [0.25, 0.3) is 11.1 Å². The third-order valence-corrected chi connectivity index (χ3v) is 3.77. The molecule has 17 heavy (non-hydrogen) atoms. The highest BCUT2D eigenvalue weighted by Crippen LogP contribution is 2.37. The number of nitrogens with zero attached hydrogens (tertiary/aromatic N) is 2. The van der Waals surface area contributed by atoms with Crippen LogP contribution in [0.2, 0.25) is 0 Å². The zero-order valence-corrected chi connectivity index (χ0v) is 11.5. The minimum absolute atomic E-state index is 0.286. The SMILES string of the molecule is Cc1cc(F)c(Br)c(-c2cnn(C)c2N)c1C. The first-order valence-electron chi connectivity index (χ1n) is 5.16. The fourth-order valence-corrected chi connectivity index (χ4v) is 2.43. The maximum atomic E-state index is 13.7. The smallest absolute Gasteiger partial charge is 0.138 e. The molecule has 2 N–H and O–H groups in total. The lowest BCUT2D eigenvalue weighted by Crippen LogP contribution is -2.00. The summed E-state index contributed by atoms with van der Waals surface area (Å²) < 4.78 is 15.7. The van der Waals surface area contributed by atoms with E-state index in [4.69, 9.17) is 5.73 Å². The Morgan fingerprint density at radius 2 is 2.06 bits per heavy atom. The van der Waals surface area contributed by atoms with E-state index in [2.05, 4.69) is 21.0 Å². The van der Waals surface area contributed by atoms with Crippen molar-refractivity contribution < 1.29 is 4.39 Å². The first-order chi connectivity index (χ1) is 7.93. The van der Waals surface area contributed by atoms with E-state index in [1.807, 2.05) is 13.8 Å². The molecule has 0 aliphatic heterocycles. The predicted molar refractivity (Wildman–Crippen MR) is 70.2 cm³/mol. The van der Waals surface area contributed by atoms with Gasteiger partial charge in [-0.2, -0.15) is 5.10 Å². The summed E-state index contributed by atoms with van der Waals surface area (Å²) in [5.74, 6) is 0.241. The summed E-state index contributed by atoms with van der Waals surface area (Å²) in [5.41, 5.74) is 9.34. The van der Waals surface area contributed by atoms with Gasteiger partial charge in [0.05, 0.1) is 10.7 Å². The molecule has 0 saturated carbocycles. The van der Waals surface area contributed by atoms with Gasteiger partial charge in [-0.15, -0.1) is 0 Å². The third kappa shape index (κ3) is 1.84. The van der Waals surface area contributed by atoms with Gasteiger partial charge in [-0.1, -0.05) is 0 Å². The molecular formula is C12H13BrFN3. The predicted octanol–water partition coefficient (Wildman–Crippen LogP) is 3.19. The van der Waals surface area contributed by atoms with Gasteiger partial charge in [0, 0.05) is 18.2 Å². The molecule has 0 unspecified atom stereocenters. The Kier molecular flexibility index (Phi) is 2.95. The number of hydrogen-bond acceptors (Lipinski definition) is 2. The van der Waals surface area contributed by atoms with E-state index in [0.29, 0.717) is 10.3 Å². The highest BCUT2D eigenvalue weighted by atomic mass is 79.9. The monoisotopic (exact) mass is 297 g/mol. The van der Waals surface area contributed by atoms with Gasteiger partial charge in [0.2, 0.25) is 0 Å². The van der Waals surface area contributed by atoms with E-state index < -0.39 is 0 Å². The Labute approximate surface area is 108 Å². The Hall–Kier alpha value is -1.36. The molecule has 0 spiro atoms. The van der Waals surface area contributed by atoms with Crippen LogP contribution < -0.4 is 5.73 Å². The van der Waals surface area contributed by atoms with Crippen LogP contribution >= 0.6 is 15.9 Å². The molecule has 0 bridgehead atoms. The standard InChI is InChI=1S/C12H13BrFN3/c1-6-4-9(14)11(13)10(7(6)2)8-5-16-17(3)12(8)15/h4-5H,15H2,1-3H3. The fraction of sp³-hybridized carbons (Fsp3) is 0.250. The summed E-state index contributed by atoms with van der Waals surface area (Å²) in [7, 11) is 1.76. The normalized spacial score (nSPS) is 10.9. The molecule has 0 aliphatic carbocycles. The molecule has 0 radical (unpaired) electrons. The summed E-state index contributed by atoms with van der Waals surface area (Å²) in [4.78, 5) is 0. The minimum Gasteiger partial charge on any atom is -0.383 e. The molecule has 0 aliphatic rings. The van der Waals surface area contributed by atoms with E-state index in [1.54, 1.807) is 17.9 Å². The van der Waals surface area contributed by atoms with Crippen LogP contribution in [0.3, 0.4) is 0 Å². The highest BCUT2D eigenvalue weighted by Gasteiger charge is 2.17. The first kappa shape index (κ1) is 12.1. The second-order valence-electron chi connectivity index (χ2n) is 4.06. The van der Waals surface area contributed by atoms with Gasteiger partial charge < -0.3 is 5.73 Å². The van der Waals surface area contributed by atoms with Crippen LogP contribution in [0, 0.1) is 19.7 Å². The Morgan fingerprint density at radius 1 is 1.41 bits per heavy atom. The average molecular weight is 298 g/mol. The van der Waals surface area contributed by atoms with Crippen molar-refractivity contribution in [3.8, 4) is 11.1 Å². The largest absolute Gasteiger partial charge is 0.383 e. The van der Waals surface area contributed by atoms with Crippen molar-refractivity contribution in [1.82, 2.24) is 9.78 Å². The number of aryl methyl sites for hydroxylation is 2. The summed E-state index contributed by atoms with van der Waals surface area (Å²) in [5, 5.41) is 4.08. The summed E-state index contributed by atoms with van der Waals surface area (Å²) in [6.07, 6.45) is 1.65. The molecule has 0 amide bonds. The second kappa shape index (κ2) is 4.14. The number of benzene rings is 1. The van der Waals surface area contributed by atoms with Crippen LogP contribution in [-0.4, -0.2) is 9.78 Å². The van der Waals surface area contributed by atoms with Gasteiger partial charge in [-0.3, -0.25) is 4.68 Å². The van der Waals surface area contributed by atoms with E-state index in [1.165, 1.54) is 6.07 Å². The van der Waals surface area contributed by atoms with E-state index in [9.17, 15) is 4.39 Å². The molecule has 1 heterocycles. The molecule has 1 aromatic heterocycles. The van der Waals surface area contributed by atoms with Gasteiger partial charge in [0.25, 0.3) is 0 Å². The van der Waals surface area contributed by atoms with Crippen molar-refractivity contribution in [2.24, 2.45) is 7.05 Å². The van der Waals surface area contributed by atoms with Crippen molar-refractivity contribution in [2.45, 2.75) is 13.8 Å². The molecule has 0 saturated heterocycles. The zero-order chi connectivity index (χ0) is 12.7. The van der Waals surface area contributed by atoms with Crippen LogP contribution in [0.1, 0.15) is 11.1 Å². The Morgan fingerprint density at radius 3 is 2.59 bits per heavy atom. The third-order valence-electron chi connectivity index (χ3n) is 2.99. The molecule has 2 aromatic rings. The van der Waals surface area contributed by atoms with Gasteiger partial charge >= 0.3 is 0 Å². The van der Waals surface area contributed by atoms with E-state index in [0.717, 1.165) is 22.3 Å². The fourth-order valence-electron chi connectivity index (χ4n) is 1.80. The highest BCUT2D eigenvalue weighted by molar-refractivity contribution is 9.10. The minimum atomic E-state index is -0.286. The van der Waals surface area contributed by atoms with Crippen molar-refractivity contribution in [3.05, 3.63) is 33.7 Å². The van der Waals surface area contributed by atoms with Crippen LogP contribution in [0.4, 0.5) is 10.2 Å². The number of aromatic nitrogens is 2. The van der Waals surface area contributed by atoms with Crippen molar-refractivity contribution >= 4 is 21.7 Å². The second-order valence-corrected chi connectivity index (χ2v) is 4.85. The number of nitrogens with two attached hydrogens (primary N) is 1. The van der Waals surface area contributed by atoms with Crippen LogP contribution in [0.5, 0.6) is 0 Å². The number of nitrogen functional groups attached to an aromatic ring is 1. The van der Waals surface area contributed by atoms with Gasteiger partial charge in [-0.05, 0) is 47.0 Å². The lowest BCUT2D eigenvalue weighted by molar-refractivity contribution is 0.620. The Bertz CT molecular complexity index is 564. The Balaban J connectivity index is 2.79. The average Bonchev–Trinajstić information content (AvgIpc) is 2.59. The number of anilines is 1. The summed E-state index contributed by atoms with van der Waals surface area (Å²) in [6.45, 7) is 3.82. The molecule has 0 fully saturated rings. The zero-order valence-electron chi connectivity index (χ0n) is 9.88. The molecule has 2 rings (SSSR count). The quantitative estimate of drug-likeness (QED) is 0.878. The summed E-state index contributed by atoms with van der Waals surface area (Å²) >= 11 is 3.28. The van der Waals surface area contributed by atoms with Gasteiger partial charge in [-0.25, -0.2) is 4.39 Å². The van der Waals surface area contributed by atoms with Gasteiger partial charge in [0.15, 0.2) is 0 Å². The van der Waals surface area contributed by atoms with Crippen LogP contribution in [-0.2, 0) is 7.05 Å². The van der Waals surface area contributed by atoms with Gasteiger partial charge in [0.1, 0.15) is 11.6 Å². The molecule has 3 nitrogen and oxygen atoms in total. The molecule has 0 atom stereocenters. The lowest BCUT2D eigenvalue weighted by Gasteiger charge is -2.11. The summed E-state index contributed by atoms with van der Waals surface area (Å²) in [6, 6.07) is 1.51. The number of halogens is 2. The molecule has 1 aromatic carbocycles. The maximum Gasteiger partial charge on any atom is 0.138 e. The number of rotatable bonds is 1. The van der Waals surface area contributed by atoms with Crippen molar-refractivity contribution in [2.75, 3.05) is 5.73 Å². The van der Waals surface area contributed by atoms with E-state index in [-0.39, 0.29) is 5.82 Å². The lowest BCUT2D eigenvalue weighted by atomic mass is 9.98. The van der Waals surface area contributed by atoms with Crippen molar-refractivity contribution in [3.63, 3.8) is 0 Å². The topological polar surface area (TPSA) is 43.8 Å². The maximum absolute atomic E-state index is 13.7. The van der Waals surface area contributed by atoms with Crippen LogP contribution in [0.15, 0.2) is 16.7 Å². The molecular weight excluding hydrogens is 285 g/mol. The van der Waals surface area contributed by atoms with E-state index >= 15 is 0 Å². The molecule has 5 heteroatoms. The first-order valence-corrected chi connectivity index (χ1v) is 5.95. The number of hydrogen-bond donors (Lipinski definition) is 1.